The molecular formula is C21H26N4O2. The maximum Gasteiger partial charge on any atom is 0.277 e. The number of rotatable bonds is 5. The van der Waals surface area contributed by atoms with Gasteiger partial charge in [0.05, 0.1) is 5.69 Å². The van der Waals surface area contributed by atoms with Gasteiger partial charge in [0, 0.05) is 42.4 Å². The molecule has 0 bridgehead atoms. The molecular weight excluding hydrogens is 340 g/mol. The van der Waals surface area contributed by atoms with Gasteiger partial charge in [-0.25, -0.2) is 0 Å². The van der Waals surface area contributed by atoms with E-state index >= 15 is 0 Å². The lowest BCUT2D eigenvalue weighted by Gasteiger charge is -2.13. The fourth-order valence-electron chi connectivity index (χ4n) is 3.33. The molecule has 0 unspecified atom stereocenters. The Morgan fingerprint density at radius 1 is 1.22 bits per heavy atom. The molecule has 0 spiro atoms. The molecule has 2 aromatic heterocycles. The van der Waals surface area contributed by atoms with E-state index in [0.29, 0.717) is 12.0 Å². The summed E-state index contributed by atoms with van der Waals surface area (Å²) in [7, 11) is 1.92. The van der Waals surface area contributed by atoms with Crippen LogP contribution in [0.15, 0.2) is 35.1 Å². The normalized spacial score (nSPS) is 11.3. The first-order chi connectivity index (χ1) is 12.8. The van der Waals surface area contributed by atoms with Gasteiger partial charge >= 0.3 is 0 Å². The molecule has 6 heteroatoms. The monoisotopic (exact) mass is 366 g/mol. The highest BCUT2D eigenvalue weighted by Gasteiger charge is 2.17. The zero-order chi connectivity index (χ0) is 19.7. The smallest absolute Gasteiger partial charge is 0.277 e. The summed E-state index contributed by atoms with van der Waals surface area (Å²) in [5.74, 6) is -0.0485. The number of benzene rings is 1. The fourth-order valence-corrected chi connectivity index (χ4v) is 3.33. The molecule has 142 valence electrons. The minimum absolute atomic E-state index is 0.0485. The third-order valence-electron chi connectivity index (χ3n) is 4.90. The molecule has 6 nitrogen and oxygen atoms in total. The van der Waals surface area contributed by atoms with Gasteiger partial charge in [-0.05, 0) is 39.7 Å². The number of nitrogens with zero attached hydrogens (tertiary/aromatic N) is 3. The second-order valence-corrected chi connectivity index (χ2v) is 7.26. The predicted molar refractivity (Wildman–Crippen MR) is 107 cm³/mol. The predicted octanol–water partition coefficient (Wildman–Crippen LogP) is 2.77. The van der Waals surface area contributed by atoms with Crippen LogP contribution in [-0.2, 0) is 18.3 Å². The van der Waals surface area contributed by atoms with Crippen LogP contribution in [0.3, 0.4) is 0 Å². The van der Waals surface area contributed by atoms with Crippen LogP contribution in [0.5, 0.6) is 0 Å². The summed E-state index contributed by atoms with van der Waals surface area (Å²) in [5, 5.41) is 7.43. The third-order valence-corrected chi connectivity index (χ3v) is 4.90. The number of aryl methyl sites for hydroxylation is 2. The number of nitrogens with one attached hydrogen (secondary N) is 1. The molecule has 3 aromatic rings. The molecule has 0 fully saturated rings. The average Bonchev–Trinajstić information content (AvgIpc) is 3.05. The first-order valence-electron chi connectivity index (χ1n) is 9.23. The zero-order valence-electron chi connectivity index (χ0n) is 16.5. The molecule has 0 aliphatic rings. The van der Waals surface area contributed by atoms with Crippen molar-refractivity contribution < 1.29 is 4.79 Å². The van der Waals surface area contributed by atoms with E-state index in [1.165, 1.54) is 4.52 Å². The Morgan fingerprint density at radius 2 is 1.93 bits per heavy atom. The van der Waals surface area contributed by atoms with Gasteiger partial charge in [-0.3, -0.25) is 9.59 Å². The second kappa shape index (κ2) is 7.39. The van der Waals surface area contributed by atoms with E-state index in [1.807, 2.05) is 69.6 Å². The molecule has 0 saturated heterocycles. The van der Waals surface area contributed by atoms with Crippen LogP contribution >= 0.6 is 0 Å². The van der Waals surface area contributed by atoms with Crippen molar-refractivity contribution in [1.29, 1.82) is 0 Å². The van der Waals surface area contributed by atoms with Crippen LogP contribution < -0.4 is 10.9 Å². The van der Waals surface area contributed by atoms with Crippen molar-refractivity contribution in [1.82, 2.24) is 19.5 Å². The molecule has 1 amide bonds. The van der Waals surface area contributed by atoms with Crippen molar-refractivity contribution >= 4 is 11.6 Å². The van der Waals surface area contributed by atoms with Crippen LogP contribution in [0.2, 0.25) is 0 Å². The van der Waals surface area contributed by atoms with Crippen molar-refractivity contribution in [3.05, 3.63) is 57.5 Å². The Morgan fingerprint density at radius 3 is 2.59 bits per heavy atom. The SMILES string of the molecule is Cc1ccccc1-c1cc2n(C)c(C)c(CCC(=O)NC(C)C)c(=O)n2n1. The Balaban J connectivity index is 2.04. The number of aromatic nitrogens is 3. The Labute approximate surface area is 158 Å². The van der Waals surface area contributed by atoms with Crippen LogP contribution in [-0.4, -0.2) is 26.1 Å². The molecule has 27 heavy (non-hydrogen) atoms. The zero-order valence-corrected chi connectivity index (χ0v) is 16.5. The molecule has 0 radical (unpaired) electrons. The summed E-state index contributed by atoms with van der Waals surface area (Å²) in [6, 6.07) is 10.0. The first-order valence-corrected chi connectivity index (χ1v) is 9.23. The first kappa shape index (κ1) is 18.9. The van der Waals surface area contributed by atoms with Crippen LogP contribution in [0.25, 0.3) is 16.9 Å². The van der Waals surface area contributed by atoms with Gasteiger partial charge in [0.2, 0.25) is 5.91 Å². The molecule has 0 saturated carbocycles. The van der Waals surface area contributed by atoms with E-state index in [2.05, 4.69) is 10.4 Å². The minimum Gasteiger partial charge on any atom is -0.354 e. The lowest BCUT2D eigenvalue weighted by molar-refractivity contribution is -0.121. The molecule has 0 aliphatic heterocycles. The highest BCUT2D eigenvalue weighted by molar-refractivity contribution is 5.76. The Bertz CT molecular complexity index is 1060. The van der Waals surface area contributed by atoms with E-state index < -0.39 is 0 Å². The number of fused-ring (bicyclic) bond motifs is 1. The van der Waals surface area contributed by atoms with Crippen LogP contribution in [0.1, 0.15) is 37.1 Å². The van der Waals surface area contributed by atoms with Crippen molar-refractivity contribution in [3.8, 4) is 11.3 Å². The maximum atomic E-state index is 13.0. The van der Waals surface area contributed by atoms with Gasteiger partial charge in [0.1, 0.15) is 5.65 Å². The van der Waals surface area contributed by atoms with E-state index in [9.17, 15) is 9.59 Å². The largest absolute Gasteiger partial charge is 0.354 e. The highest BCUT2D eigenvalue weighted by Crippen LogP contribution is 2.23. The van der Waals surface area contributed by atoms with Gasteiger partial charge in [0.15, 0.2) is 0 Å². The van der Waals surface area contributed by atoms with E-state index in [-0.39, 0.29) is 23.9 Å². The second-order valence-electron chi connectivity index (χ2n) is 7.26. The summed E-state index contributed by atoms with van der Waals surface area (Å²) in [4.78, 5) is 25.0. The summed E-state index contributed by atoms with van der Waals surface area (Å²) < 4.78 is 3.41. The maximum absolute atomic E-state index is 13.0. The van der Waals surface area contributed by atoms with E-state index in [1.54, 1.807) is 0 Å². The molecule has 0 atom stereocenters. The lowest BCUT2D eigenvalue weighted by Crippen LogP contribution is -2.31. The quantitative estimate of drug-likeness (QED) is 0.755. The van der Waals surface area contributed by atoms with Gasteiger partial charge in [0.25, 0.3) is 5.56 Å². The van der Waals surface area contributed by atoms with Crippen molar-refractivity contribution in [3.63, 3.8) is 0 Å². The summed E-state index contributed by atoms with van der Waals surface area (Å²) in [5.41, 5.74) is 4.97. The van der Waals surface area contributed by atoms with E-state index in [0.717, 1.165) is 28.2 Å². The average molecular weight is 366 g/mol. The molecule has 3 rings (SSSR count). The van der Waals surface area contributed by atoms with Crippen molar-refractivity contribution in [2.75, 3.05) is 0 Å². The number of carbonyl (C=O) groups excluding carboxylic acids is 1. The third kappa shape index (κ3) is 3.65. The lowest BCUT2D eigenvalue weighted by atomic mass is 10.1. The summed E-state index contributed by atoms with van der Waals surface area (Å²) in [6.07, 6.45) is 0.679. The Kier molecular flexibility index (Phi) is 5.17. The van der Waals surface area contributed by atoms with Gasteiger partial charge < -0.3 is 9.88 Å². The van der Waals surface area contributed by atoms with Crippen molar-refractivity contribution in [2.45, 2.75) is 46.6 Å². The van der Waals surface area contributed by atoms with E-state index in [4.69, 9.17) is 0 Å². The summed E-state index contributed by atoms with van der Waals surface area (Å²) >= 11 is 0. The van der Waals surface area contributed by atoms with Crippen LogP contribution in [0, 0.1) is 13.8 Å². The standard InChI is InChI=1S/C21H26N4O2/c1-13(2)22-19(26)11-10-17-15(4)24(5)20-12-18(23-25(20)21(17)27)16-9-7-6-8-14(16)3/h6-9,12-13H,10-11H2,1-5H3,(H,22,26). The van der Waals surface area contributed by atoms with Crippen LogP contribution in [0.4, 0.5) is 0 Å². The number of hydrogen-bond donors (Lipinski definition) is 1. The van der Waals surface area contributed by atoms with Gasteiger partial charge in [-0.1, -0.05) is 24.3 Å². The molecule has 1 aromatic carbocycles. The fraction of sp³-hybridized carbons (Fsp3) is 0.381. The van der Waals surface area contributed by atoms with Crippen molar-refractivity contribution in [2.24, 2.45) is 7.05 Å². The number of amides is 1. The topological polar surface area (TPSA) is 68.4 Å². The minimum atomic E-state index is -0.155. The van der Waals surface area contributed by atoms with Gasteiger partial charge in [-0.2, -0.15) is 9.61 Å². The number of hydrogen-bond acceptors (Lipinski definition) is 3. The number of carbonyl (C=O) groups is 1. The molecule has 2 heterocycles. The summed E-state index contributed by atoms with van der Waals surface area (Å²) in [6.45, 7) is 7.79. The molecule has 0 aliphatic carbocycles. The van der Waals surface area contributed by atoms with Gasteiger partial charge in [-0.15, -0.1) is 0 Å². The highest BCUT2D eigenvalue weighted by atomic mass is 16.1. The Hall–Kier alpha value is -2.89. The molecule has 1 N–H and O–H groups in total.